The van der Waals surface area contributed by atoms with Gasteiger partial charge in [0.2, 0.25) is 0 Å². The number of amides is 2. The molecule has 0 spiro atoms. The van der Waals surface area contributed by atoms with E-state index in [9.17, 15) is 9.59 Å². The minimum Gasteiger partial charge on any atom is -0.465 e. The molecule has 2 unspecified atom stereocenters. The zero-order chi connectivity index (χ0) is 22.9. The van der Waals surface area contributed by atoms with Crippen molar-refractivity contribution in [1.82, 2.24) is 10.6 Å². The molecule has 0 aliphatic heterocycles. The average molecular weight is 433 g/mol. The molecule has 2 atom stereocenters. The maximum absolute atomic E-state index is 12.5. The number of aryl methyl sites for hydroxylation is 1. The second kappa shape index (κ2) is 11.4. The van der Waals surface area contributed by atoms with Crippen molar-refractivity contribution in [3.8, 4) is 5.75 Å². The second-order valence-corrected chi connectivity index (χ2v) is 10.2. The molecule has 0 aromatic heterocycles. The molecular weight excluding hydrogens is 392 g/mol. The number of carboxylic acid groups (broad SMARTS) is 1. The summed E-state index contributed by atoms with van der Waals surface area (Å²) in [6, 6.07) is 7.62. The van der Waals surface area contributed by atoms with Crippen LogP contribution in [0.1, 0.15) is 84.6 Å². The lowest BCUT2D eigenvalue weighted by molar-refractivity contribution is 0.0695. The number of unbranched alkanes of at least 4 members (excludes halogenated alkanes) is 4. The second-order valence-electron chi connectivity index (χ2n) is 10.2. The third-order valence-corrected chi connectivity index (χ3v) is 6.16. The summed E-state index contributed by atoms with van der Waals surface area (Å²) in [5, 5.41) is 14.7. The van der Waals surface area contributed by atoms with Crippen molar-refractivity contribution in [1.29, 1.82) is 0 Å². The van der Waals surface area contributed by atoms with E-state index in [-0.39, 0.29) is 16.9 Å². The maximum Gasteiger partial charge on any atom is 0.412 e. The first kappa shape index (κ1) is 25.0. The first-order chi connectivity index (χ1) is 14.6. The molecule has 3 N–H and O–H groups in total. The molecule has 1 aliphatic carbocycles. The Morgan fingerprint density at radius 3 is 2.52 bits per heavy atom. The molecule has 0 heterocycles. The van der Waals surface area contributed by atoms with Gasteiger partial charge in [-0.05, 0) is 54.6 Å². The summed E-state index contributed by atoms with van der Waals surface area (Å²) in [7, 11) is 0. The van der Waals surface area contributed by atoms with E-state index in [1.807, 2.05) is 24.3 Å². The number of benzene rings is 1. The van der Waals surface area contributed by atoms with Gasteiger partial charge in [-0.1, -0.05) is 71.6 Å². The molecule has 1 saturated carbocycles. The molecule has 174 valence electrons. The molecule has 31 heavy (non-hydrogen) atoms. The number of rotatable bonds is 10. The summed E-state index contributed by atoms with van der Waals surface area (Å²) < 4.78 is 5.64. The highest BCUT2D eigenvalue weighted by atomic mass is 16.6. The molecule has 0 saturated heterocycles. The van der Waals surface area contributed by atoms with E-state index in [0.29, 0.717) is 18.7 Å². The molecule has 1 aromatic rings. The molecule has 6 heteroatoms. The summed E-state index contributed by atoms with van der Waals surface area (Å²) in [5.41, 5.74) is 0.854. The van der Waals surface area contributed by atoms with Crippen LogP contribution < -0.4 is 15.4 Å². The minimum atomic E-state index is -0.997. The molecule has 2 amide bonds. The highest BCUT2D eigenvalue weighted by Crippen LogP contribution is 2.45. The molecule has 0 bridgehead atoms. The van der Waals surface area contributed by atoms with Crippen molar-refractivity contribution in [3.05, 3.63) is 29.8 Å². The van der Waals surface area contributed by atoms with Gasteiger partial charge in [-0.25, -0.2) is 9.59 Å². The van der Waals surface area contributed by atoms with E-state index >= 15 is 0 Å². The predicted octanol–water partition coefficient (Wildman–Crippen LogP) is 6.14. The lowest BCUT2D eigenvalue weighted by atomic mass is 9.62. The van der Waals surface area contributed by atoms with E-state index in [1.165, 1.54) is 25.7 Å². The van der Waals surface area contributed by atoms with Crippen molar-refractivity contribution >= 4 is 12.2 Å². The Morgan fingerprint density at radius 1 is 1.10 bits per heavy atom. The standard InChI is InChI=1S/C25H40N2O4/c1-5-6-7-8-9-12-19-13-10-11-14-21(19)31-23(30)26-18-25(4)16-20(27-22(28)29)15-24(2,3)17-25/h10-11,13-14,20,27H,5-9,12,15-18H2,1-4H3,(H,26,30)(H,28,29). The lowest BCUT2D eigenvalue weighted by Crippen LogP contribution is -2.50. The molecule has 0 radical (unpaired) electrons. The third-order valence-electron chi connectivity index (χ3n) is 6.16. The van der Waals surface area contributed by atoms with Gasteiger partial charge in [-0.3, -0.25) is 0 Å². The monoisotopic (exact) mass is 432 g/mol. The van der Waals surface area contributed by atoms with E-state index in [0.717, 1.165) is 31.2 Å². The van der Waals surface area contributed by atoms with Gasteiger partial charge in [-0.15, -0.1) is 0 Å². The highest BCUT2D eigenvalue weighted by Gasteiger charge is 2.42. The van der Waals surface area contributed by atoms with Gasteiger partial charge >= 0.3 is 12.2 Å². The van der Waals surface area contributed by atoms with Crippen LogP contribution in [0.2, 0.25) is 0 Å². The van der Waals surface area contributed by atoms with Gasteiger partial charge in [0.15, 0.2) is 0 Å². The van der Waals surface area contributed by atoms with Crippen LogP contribution in [-0.2, 0) is 6.42 Å². The number of para-hydroxylation sites is 1. The van der Waals surface area contributed by atoms with Crippen LogP contribution in [-0.4, -0.2) is 29.9 Å². The topological polar surface area (TPSA) is 87.7 Å². The summed E-state index contributed by atoms with van der Waals surface area (Å²) in [6.45, 7) is 9.06. The zero-order valence-corrected chi connectivity index (χ0v) is 19.6. The number of nitrogens with one attached hydrogen (secondary N) is 2. The van der Waals surface area contributed by atoms with E-state index in [4.69, 9.17) is 9.84 Å². The lowest BCUT2D eigenvalue weighted by Gasteiger charge is -2.46. The Kier molecular flexibility index (Phi) is 9.20. The van der Waals surface area contributed by atoms with Crippen molar-refractivity contribution in [3.63, 3.8) is 0 Å². The van der Waals surface area contributed by atoms with Crippen LogP contribution in [0.4, 0.5) is 9.59 Å². The Morgan fingerprint density at radius 2 is 1.81 bits per heavy atom. The smallest absolute Gasteiger partial charge is 0.412 e. The first-order valence-electron chi connectivity index (χ1n) is 11.7. The molecule has 1 aromatic carbocycles. The van der Waals surface area contributed by atoms with Crippen LogP contribution in [0.3, 0.4) is 0 Å². The molecule has 1 fully saturated rings. The minimum absolute atomic E-state index is 0.00389. The molecule has 2 rings (SSSR count). The van der Waals surface area contributed by atoms with Gasteiger partial charge in [0.1, 0.15) is 5.75 Å². The predicted molar refractivity (Wildman–Crippen MR) is 124 cm³/mol. The van der Waals surface area contributed by atoms with Crippen molar-refractivity contribution in [2.24, 2.45) is 10.8 Å². The summed E-state index contributed by atoms with van der Waals surface area (Å²) in [4.78, 5) is 23.7. The van der Waals surface area contributed by atoms with Crippen LogP contribution in [0.5, 0.6) is 5.75 Å². The van der Waals surface area contributed by atoms with Crippen molar-refractivity contribution in [2.75, 3.05) is 6.54 Å². The molecular formula is C25H40N2O4. The fourth-order valence-electron chi connectivity index (χ4n) is 5.20. The number of ether oxygens (including phenoxy) is 1. The Hall–Kier alpha value is -2.24. The van der Waals surface area contributed by atoms with Gasteiger partial charge < -0.3 is 20.5 Å². The SMILES string of the molecule is CCCCCCCc1ccccc1OC(=O)NCC1(C)CC(NC(=O)O)CC(C)(C)C1. The van der Waals surface area contributed by atoms with E-state index in [2.05, 4.69) is 38.3 Å². The van der Waals surface area contributed by atoms with Gasteiger partial charge in [0.05, 0.1) is 0 Å². The number of hydrogen-bond donors (Lipinski definition) is 3. The Labute approximate surface area is 187 Å². The van der Waals surface area contributed by atoms with Gasteiger partial charge in [-0.2, -0.15) is 0 Å². The normalized spacial score (nSPS) is 22.5. The number of hydrogen-bond acceptors (Lipinski definition) is 3. The largest absolute Gasteiger partial charge is 0.465 e. The quantitative estimate of drug-likeness (QED) is 0.387. The van der Waals surface area contributed by atoms with Crippen LogP contribution >= 0.6 is 0 Å². The van der Waals surface area contributed by atoms with E-state index in [1.54, 1.807) is 0 Å². The maximum atomic E-state index is 12.5. The molecule has 1 aliphatic rings. The van der Waals surface area contributed by atoms with Crippen molar-refractivity contribution in [2.45, 2.75) is 91.5 Å². The van der Waals surface area contributed by atoms with Crippen LogP contribution in [0.25, 0.3) is 0 Å². The van der Waals surface area contributed by atoms with Gasteiger partial charge in [0.25, 0.3) is 0 Å². The van der Waals surface area contributed by atoms with Gasteiger partial charge in [0, 0.05) is 12.6 Å². The zero-order valence-electron chi connectivity index (χ0n) is 19.6. The first-order valence-corrected chi connectivity index (χ1v) is 11.7. The average Bonchev–Trinajstić information content (AvgIpc) is 2.65. The third kappa shape index (κ3) is 8.80. The molecule has 6 nitrogen and oxygen atoms in total. The van der Waals surface area contributed by atoms with Crippen LogP contribution in [0, 0.1) is 10.8 Å². The summed E-state index contributed by atoms with van der Waals surface area (Å²) in [5.74, 6) is 0.620. The van der Waals surface area contributed by atoms with Crippen molar-refractivity contribution < 1.29 is 19.4 Å². The highest BCUT2D eigenvalue weighted by molar-refractivity contribution is 5.71. The fraction of sp³-hybridized carbons (Fsp3) is 0.680. The fourth-order valence-corrected chi connectivity index (χ4v) is 5.20. The van der Waals surface area contributed by atoms with Crippen LogP contribution in [0.15, 0.2) is 24.3 Å². The summed E-state index contributed by atoms with van der Waals surface area (Å²) in [6.07, 6.45) is 7.86. The Bertz CT molecular complexity index is 734. The summed E-state index contributed by atoms with van der Waals surface area (Å²) >= 11 is 0. The number of carbonyl (C=O) groups excluding carboxylic acids is 1. The van der Waals surface area contributed by atoms with E-state index < -0.39 is 12.2 Å². The Balaban J connectivity index is 1.90. The number of carbonyl (C=O) groups is 2.